The van der Waals surface area contributed by atoms with Crippen molar-refractivity contribution in [1.29, 1.82) is 0 Å². The van der Waals surface area contributed by atoms with E-state index < -0.39 is 23.7 Å². The predicted octanol–water partition coefficient (Wildman–Crippen LogP) is 1.31. The molecule has 1 aromatic rings. The highest BCUT2D eigenvalue weighted by Crippen LogP contribution is 2.17. The minimum absolute atomic E-state index is 0.0207. The second-order valence-corrected chi connectivity index (χ2v) is 5.16. The summed E-state index contributed by atoms with van der Waals surface area (Å²) in [5, 5.41) is 7.83. The first-order valence-corrected chi connectivity index (χ1v) is 7.46. The number of benzene rings is 1. The minimum Gasteiger partial charge on any atom is -0.489 e. The van der Waals surface area contributed by atoms with Gasteiger partial charge in [0.15, 0.2) is 11.6 Å². The molecule has 6 nitrogen and oxygen atoms in total. The predicted molar refractivity (Wildman–Crippen MR) is 79.0 cm³/mol. The normalized spacial score (nSPS) is 17.8. The molecule has 1 atom stereocenters. The van der Waals surface area contributed by atoms with Gasteiger partial charge in [-0.15, -0.1) is 0 Å². The number of hydrogen-bond acceptors (Lipinski definition) is 3. The van der Waals surface area contributed by atoms with Crippen molar-refractivity contribution in [3.63, 3.8) is 0 Å². The highest BCUT2D eigenvalue weighted by Gasteiger charge is 2.21. The lowest BCUT2D eigenvalue weighted by atomic mass is 10.1. The number of ether oxygens (including phenoxy) is 1. The van der Waals surface area contributed by atoms with Crippen LogP contribution in [0.5, 0.6) is 5.75 Å². The molecule has 3 amide bonds. The number of amides is 3. The average molecular weight is 327 g/mol. The molecule has 0 spiro atoms. The van der Waals surface area contributed by atoms with Crippen LogP contribution in [0.3, 0.4) is 0 Å². The lowest BCUT2D eigenvalue weighted by Crippen LogP contribution is -2.49. The Morgan fingerprint density at radius 2 is 2.17 bits per heavy atom. The van der Waals surface area contributed by atoms with E-state index in [1.165, 1.54) is 6.07 Å². The highest BCUT2D eigenvalue weighted by atomic mass is 19.1. The minimum atomic E-state index is -0.801. The Morgan fingerprint density at radius 1 is 1.35 bits per heavy atom. The van der Waals surface area contributed by atoms with E-state index in [4.69, 9.17) is 4.74 Å². The van der Waals surface area contributed by atoms with Crippen LogP contribution in [-0.4, -0.2) is 37.7 Å². The topological polar surface area (TPSA) is 79.5 Å². The first-order valence-electron chi connectivity index (χ1n) is 7.46. The number of urea groups is 1. The lowest BCUT2D eigenvalue weighted by Gasteiger charge is -2.16. The molecule has 0 radical (unpaired) electrons. The molecule has 23 heavy (non-hydrogen) atoms. The van der Waals surface area contributed by atoms with Gasteiger partial charge >= 0.3 is 6.03 Å². The van der Waals surface area contributed by atoms with E-state index in [1.54, 1.807) is 0 Å². The van der Waals surface area contributed by atoms with E-state index in [1.807, 2.05) is 0 Å². The van der Waals surface area contributed by atoms with E-state index in [0.717, 1.165) is 25.0 Å². The fourth-order valence-corrected chi connectivity index (χ4v) is 2.20. The van der Waals surface area contributed by atoms with Crippen LogP contribution in [0.25, 0.3) is 0 Å². The Balaban J connectivity index is 1.69. The Morgan fingerprint density at radius 3 is 2.96 bits per heavy atom. The van der Waals surface area contributed by atoms with Gasteiger partial charge in [-0.1, -0.05) is 0 Å². The molecule has 0 unspecified atom stereocenters. The smallest absolute Gasteiger partial charge is 0.315 e. The molecule has 1 aliphatic heterocycles. The number of carbonyl (C=O) groups excluding carboxylic acids is 2. The van der Waals surface area contributed by atoms with Gasteiger partial charge in [0.25, 0.3) is 0 Å². The van der Waals surface area contributed by atoms with Gasteiger partial charge < -0.3 is 20.7 Å². The number of halogens is 2. The molecule has 0 saturated carbocycles. The zero-order chi connectivity index (χ0) is 16.7. The van der Waals surface area contributed by atoms with Crippen LogP contribution < -0.4 is 20.7 Å². The van der Waals surface area contributed by atoms with Crippen molar-refractivity contribution >= 4 is 11.9 Å². The molecule has 1 aliphatic rings. The molecule has 0 bridgehead atoms. The monoisotopic (exact) mass is 327 g/mol. The average Bonchev–Trinajstić information content (AvgIpc) is 2.70. The van der Waals surface area contributed by atoms with Gasteiger partial charge in [-0.25, -0.2) is 13.6 Å². The molecule has 1 aromatic carbocycles. The van der Waals surface area contributed by atoms with Gasteiger partial charge in [0.05, 0.1) is 6.54 Å². The van der Waals surface area contributed by atoms with E-state index in [9.17, 15) is 18.4 Å². The molecule has 0 aromatic heterocycles. The second kappa shape index (κ2) is 8.30. The first kappa shape index (κ1) is 17.0. The molecule has 0 aliphatic carbocycles. The van der Waals surface area contributed by atoms with Crippen molar-refractivity contribution in [2.75, 3.05) is 19.7 Å². The molecule has 126 valence electrons. The molecule has 1 heterocycles. The fraction of sp³-hybridized carbons (Fsp3) is 0.467. The Labute approximate surface area is 132 Å². The van der Waals surface area contributed by atoms with Crippen LogP contribution in [0.15, 0.2) is 18.2 Å². The van der Waals surface area contributed by atoms with E-state index in [-0.39, 0.29) is 24.8 Å². The molecule has 3 N–H and O–H groups in total. The number of carbonyl (C=O) groups is 2. The van der Waals surface area contributed by atoms with Crippen molar-refractivity contribution in [1.82, 2.24) is 16.0 Å². The van der Waals surface area contributed by atoms with Gasteiger partial charge in [-0.05, 0) is 31.4 Å². The van der Waals surface area contributed by atoms with E-state index >= 15 is 0 Å². The van der Waals surface area contributed by atoms with Crippen LogP contribution in [0.4, 0.5) is 13.6 Å². The number of nitrogens with one attached hydrogen (secondary N) is 3. The second-order valence-electron chi connectivity index (χ2n) is 5.16. The third-order valence-corrected chi connectivity index (χ3v) is 3.38. The molecule has 2 rings (SSSR count). The lowest BCUT2D eigenvalue weighted by molar-refractivity contribution is -0.122. The van der Waals surface area contributed by atoms with Gasteiger partial charge in [-0.2, -0.15) is 0 Å². The van der Waals surface area contributed by atoms with E-state index in [0.29, 0.717) is 13.0 Å². The van der Waals surface area contributed by atoms with Gasteiger partial charge in [0.1, 0.15) is 18.5 Å². The number of rotatable bonds is 5. The summed E-state index contributed by atoms with van der Waals surface area (Å²) in [6.07, 6.45) is 2.34. The van der Waals surface area contributed by atoms with Crippen LogP contribution in [0.1, 0.15) is 19.3 Å². The molecule has 8 heteroatoms. The summed E-state index contributed by atoms with van der Waals surface area (Å²) in [5.41, 5.74) is 0. The zero-order valence-electron chi connectivity index (χ0n) is 12.5. The van der Waals surface area contributed by atoms with Gasteiger partial charge in [0, 0.05) is 12.6 Å². The maximum absolute atomic E-state index is 13.3. The molecular formula is C15H19F2N3O3. The van der Waals surface area contributed by atoms with Crippen molar-refractivity contribution in [3.05, 3.63) is 29.8 Å². The standard InChI is InChI=1S/C15H19F2N3O3/c16-10-4-5-13(11(17)9-10)23-8-7-19-15(22)20-12-3-1-2-6-18-14(12)21/h4-5,9,12H,1-3,6-8H2,(H,18,21)(H2,19,20,22)/t12-/m0/s1. The summed E-state index contributed by atoms with van der Waals surface area (Å²) in [6.45, 7) is 0.763. The Bertz CT molecular complexity index is 569. The van der Waals surface area contributed by atoms with Gasteiger partial charge in [-0.3, -0.25) is 4.79 Å². The third-order valence-electron chi connectivity index (χ3n) is 3.38. The summed E-state index contributed by atoms with van der Waals surface area (Å²) >= 11 is 0. The summed E-state index contributed by atoms with van der Waals surface area (Å²) in [5.74, 6) is -1.77. The first-order chi connectivity index (χ1) is 11.1. The molecule has 1 fully saturated rings. The van der Waals surface area contributed by atoms with Gasteiger partial charge in [0.2, 0.25) is 5.91 Å². The Hall–Kier alpha value is -2.38. The fourth-order valence-electron chi connectivity index (χ4n) is 2.20. The summed E-state index contributed by atoms with van der Waals surface area (Å²) in [6, 6.07) is 1.95. The SMILES string of the molecule is O=C(NCCOc1ccc(F)cc1F)N[C@H]1CCCCNC1=O. The van der Waals surface area contributed by atoms with Crippen molar-refractivity contribution < 1.29 is 23.1 Å². The zero-order valence-corrected chi connectivity index (χ0v) is 12.5. The summed E-state index contributed by atoms with van der Waals surface area (Å²) in [7, 11) is 0. The van der Waals surface area contributed by atoms with Crippen LogP contribution in [0, 0.1) is 11.6 Å². The van der Waals surface area contributed by atoms with Crippen LogP contribution >= 0.6 is 0 Å². The van der Waals surface area contributed by atoms with E-state index in [2.05, 4.69) is 16.0 Å². The Kier molecular flexibility index (Phi) is 6.13. The number of hydrogen-bond donors (Lipinski definition) is 3. The third kappa shape index (κ3) is 5.39. The summed E-state index contributed by atoms with van der Waals surface area (Å²) in [4.78, 5) is 23.4. The van der Waals surface area contributed by atoms with Crippen molar-refractivity contribution in [2.45, 2.75) is 25.3 Å². The maximum atomic E-state index is 13.3. The quantitative estimate of drug-likeness (QED) is 0.714. The molecular weight excluding hydrogens is 308 g/mol. The van der Waals surface area contributed by atoms with Crippen LogP contribution in [0.2, 0.25) is 0 Å². The van der Waals surface area contributed by atoms with Crippen molar-refractivity contribution in [2.24, 2.45) is 0 Å². The largest absolute Gasteiger partial charge is 0.489 e. The summed E-state index contributed by atoms with van der Waals surface area (Å²) < 4.78 is 31.2. The molecule has 1 saturated heterocycles. The van der Waals surface area contributed by atoms with Crippen LogP contribution in [-0.2, 0) is 4.79 Å². The highest BCUT2D eigenvalue weighted by molar-refractivity contribution is 5.87. The maximum Gasteiger partial charge on any atom is 0.315 e. The van der Waals surface area contributed by atoms with Crippen molar-refractivity contribution in [3.8, 4) is 5.75 Å².